The highest BCUT2D eigenvalue weighted by Crippen LogP contribution is 2.29. The van der Waals surface area contributed by atoms with Gasteiger partial charge in [-0.25, -0.2) is 14.6 Å². The van der Waals surface area contributed by atoms with Crippen LogP contribution in [0.15, 0.2) is 41.3 Å². The maximum absolute atomic E-state index is 12.7. The lowest BCUT2D eigenvalue weighted by atomic mass is 9.97. The molecular weight excluding hydrogens is 306 g/mol. The fraction of sp³-hybridized carbons (Fsp3) is 0.412. The van der Waals surface area contributed by atoms with Crippen molar-refractivity contribution in [2.24, 2.45) is 0 Å². The minimum Gasteiger partial charge on any atom is -0.440 e. The molecule has 0 saturated carbocycles. The van der Waals surface area contributed by atoms with E-state index < -0.39 is 0 Å². The number of hydrogen-bond acceptors (Lipinski definition) is 5. The van der Waals surface area contributed by atoms with E-state index in [4.69, 9.17) is 4.42 Å². The summed E-state index contributed by atoms with van der Waals surface area (Å²) in [6, 6.07) is 7.40. The monoisotopic (exact) mass is 325 g/mol. The highest BCUT2D eigenvalue weighted by molar-refractivity contribution is 5.80. The van der Waals surface area contributed by atoms with Crippen LogP contribution in [-0.2, 0) is 4.79 Å². The Bertz CT molecular complexity index is 809. The standard InChI is InChI=1S/C17H19N5O2/c1-12(22-11-18-10-19-22)17(23)21-8-4-5-13(9-21)16-20-14-6-2-3-7-15(14)24-16/h2-3,6-7,10-13H,4-5,8-9H2,1H3/t12-,13+/m1/s1. The van der Waals surface area contributed by atoms with Gasteiger partial charge in [0.2, 0.25) is 5.91 Å². The van der Waals surface area contributed by atoms with Gasteiger partial charge in [-0.1, -0.05) is 12.1 Å². The van der Waals surface area contributed by atoms with E-state index in [0.29, 0.717) is 6.54 Å². The molecule has 124 valence electrons. The van der Waals surface area contributed by atoms with Gasteiger partial charge in [-0.15, -0.1) is 0 Å². The minimum atomic E-state index is -0.352. The van der Waals surface area contributed by atoms with E-state index in [0.717, 1.165) is 36.4 Å². The molecule has 0 aliphatic carbocycles. The number of hydrogen-bond donors (Lipinski definition) is 0. The summed E-state index contributed by atoms with van der Waals surface area (Å²) in [4.78, 5) is 23.1. The Morgan fingerprint density at radius 1 is 1.38 bits per heavy atom. The molecule has 1 aromatic carbocycles. The van der Waals surface area contributed by atoms with Crippen LogP contribution in [-0.4, -0.2) is 43.6 Å². The van der Waals surface area contributed by atoms with E-state index in [-0.39, 0.29) is 17.9 Å². The maximum Gasteiger partial charge on any atom is 0.247 e. The number of nitrogens with zero attached hydrogens (tertiary/aromatic N) is 5. The SMILES string of the molecule is C[C@H](C(=O)N1CCC[C@H](c2nc3ccccc3o2)C1)n1cncn1. The van der Waals surface area contributed by atoms with Gasteiger partial charge in [0.15, 0.2) is 11.5 Å². The number of carbonyl (C=O) groups excluding carboxylic acids is 1. The molecule has 2 aromatic heterocycles. The first-order valence-electron chi connectivity index (χ1n) is 8.21. The minimum absolute atomic E-state index is 0.0568. The molecule has 4 rings (SSSR count). The summed E-state index contributed by atoms with van der Waals surface area (Å²) in [6.45, 7) is 3.24. The Morgan fingerprint density at radius 3 is 3.04 bits per heavy atom. The summed E-state index contributed by atoms with van der Waals surface area (Å²) in [5.74, 6) is 0.918. The van der Waals surface area contributed by atoms with Crippen LogP contribution in [0, 0.1) is 0 Å². The number of rotatable bonds is 3. The first kappa shape index (κ1) is 14.9. The maximum atomic E-state index is 12.7. The third-order valence-electron chi connectivity index (χ3n) is 4.58. The van der Waals surface area contributed by atoms with Gasteiger partial charge in [-0.05, 0) is 31.9 Å². The summed E-state index contributed by atoms with van der Waals surface area (Å²) in [6.07, 6.45) is 4.94. The highest BCUT2D eigenvalue weighted by Gasteiger charge is 2.30. The molecule has 1 aliphatic rings. The second-order valence-electron chi connectivity index (χ2n) is 6.19. The van der Waals surface area contributed by atoms with E-state index in [1.165, 1.54) is 6.33 Å². The number of benzene rings is 1. The Hall–Kier alpha value is -2.70. The first-order valence-corrected chi connectivity index (χ1v) is 8.21. The van der Waals surface area contributed by atoms with Crippen LogP contribution in [0.4, 0.5) is 0 Å². The summed E-state index contributed by atoms with van der Waals surface area (Å²) in [7, 11) is 0. The fourth-order valence-electron chi connectivity index (χ4n) is 3.24. The normalized spacial score (nSPS) is 19.5. The lowest BCUT2D eigenvalue weighted by molar-refractivity contribution is -0.135. The largest absolute Gasteiger partial charge is 0.440 e. The molecule has 3 aromatic rings. The van der Waals surface area contributed by atoms with Crippen molar-refractivity contribution in [2.45, 2.75) is 31.7 Å². The lowest BCUT2D eigenvalue weighted by Crippen LogP contribution is -2.42. The molecule has 0 unspecified atom stereocenters. The molecular formula is C17H19N5O2. The molecule has 24 heavy (non-hydrogen) atoms. The Kier molecular flexibility index (Phi) is 3.76. The second kappa shape index (κ2) is 6.07. The Labute approximate surface area is 139 Å². The average Bonchev–Trinajstić information content (AvgIpc) is 3.30. The summed E-state index contributed by atoms with van der Waals surface area (Å²) in [5, 5.41) is 4.07. The van der Waals surface area contributed by atoms with Crippen molar-refractivity contribution in [1.29, 1.82) is 0 Å². The van der Waals surface area contributed by atoms with E-state index in [1.807, 2.05) is 36.1 Å². The zero-order valence-electron chi connectivity index (χ0n) is 13.5. The molecule has 0 spiro atoms. The number of carbonyl (C=O) groups is 1. The molecule has 2 atom stereocenters. The van der Waals surface area contributed by atoms with Crippen molar-refractivity contribution in [3.05, 3.63) is 42.8 Å². The van der Waals surface area contributed by atoms with Crippen molar-refractivity contribution in [2.75, 3.05) is 13.1 Å². The van der Waals surface area contributed by atoms with Crippen LogP contribution in [0.2, 0.25) is 0 Å². The van der Waals surface area contributed by atoms with Crippen molar-refractivity contribution < 1.29 is 9.21 Å². The van der Waals surface area contributed by atoms with Gasteiger partial charge in [0.05, 0.1) is 5.92 Å². The molecule has 1 aliphatic heterocycles. The molecule has 7 heteroatoms. The summed E-state index contributed by atoms with van der Waals surface area (Å²) in [5.41, 5.74) is 1.67. The number of fused-ring (bicyclic) bond motifs is 1. The number of para-hydroxylation sites is 2. The van der Waals surface area contributed by atoms with Crippen LogP contribution in [0.25, 0.3) is 11.1 Å². The fourth-order valence-corrected chi connectivity index (χ4v) is 3.24. The molecule has 0 radical (unpaired) electrons. The number of aromatic nitrogens is 4. The zero-order chi connectivity index (χ0) is 16.5. The summed E-state index contributed by atoms with van der Waals surface area (Å²) >= 11 is 0. The van der Waals surface area contributed by atoms with Gasteiger partial charge < -0.3 is 9.32 Å². The van der Waals surface area contributed by atoms with Gasteiger partial charge in [0.1, 0.15) is 24.2 Å². The van der Waals surface area contributed by atoms with Crippen molar-refractivity contribution >= 4 is 17.0 Å². The third kappa shape index (κ3) is 2.66. The predicted molar refractivity (Wildman–Crippen MR) is 87.3 cm³/mol. The van der Waals surface area contributed by atoms with Crippen molar-refractivity contribution in [1.82, 2.24) is 24.6 Å². The number of likely N-dealkylation sites (tertiary alicyclic amines) is 1. The highest BCUT2D eigenvalue weighted by atomic mass is 16.3. The number of oxazole rings is 1. The molecule has 1 amide bonds. The zero-order valence-corrected chi connectivity index (χ0v) is 13.5. The summed E-state index contributed by atoms with van der Waals surface area (Å²) < 4.78 is 7.48. The molecule has 0 N–H and O–H groups in total. The van der Waals surface area contributed by atoms with Crippen LogP contribution in [0.3, 0.4) is 0 Å². The van der Waals surface area contributed by atoms with Gasteiger partial charge in [-0.2, -0.15) is 5.10 Å². The van der Waals surface area contributed by atoms with E-state index in [1.54, 1.807) is 11.0 Å². The van der Waals surface area contributed by atoms with Gasteiger partial charge in [0.25, 0.3) is 0 Å². The quantitative estimate of drug-likeness (QED) is 0.739. The number of amides is 1. The predicted octanol–water partition coefficient (Wildman–Crippen LogP) is 2.39. The molecule has 3 heterocycles. The van der Waals surface area contributed by atoms with Crippen LogP contribution < -0.4 is 0 Å². The van der Waals surface area contributed by atoms with Crippen molar-refractivity contribution in [3.63, 3.8) is 0 Å². The Balaban J connectivity index is 1.52. The van der Waals surface area contributed by atoms with E-state index in [2.05, 4.69) is 15.1 Å². The van der Waals surface area contributed by atoms with Crippen LogP contribution in [0.1, 0.15) is 37.6 Å². The van der Waals surface area contributed by atoms with Gasteiger partial charge >= 0.3 is 0 Å². The van der Waals surface area contributed by atoms with E-state index >= 15 is 0 Å². The molecule has 0 bridgehead atoms. The molecule has 1 fully saturated rings. The molecule has 1 saturated heterocycles. The van der Waals surface area contributed by atoms with E-state index in [9.17, 15) is 4.79 Å². The third-order valence-corrected chi connectivity index (χ3v) is 4.58. The van der Waals surface area contributed by atoms with Gasteiger partial charge in [-0.3, -0.25) is 4.79 Å². The van der Waals surface area contributed by atoms with Crippen LogP contribution in [0.5, 0.6) is 0 Å². The van der Waals surface area contributed by atoms with Gasteiger partial charge in [0, 0.05) is 13.1 Å². The topological polar surface area (TPSA) is 77.0 Å². The van der Waals surface area contributed by atoms with Crippen molar-refractivity contribution in [3.8, 4) is 0 Å². The first-order chi connectivity index (χ1) is 11.7. The molecule has 7 nitrogen and oxygen atoms in total. The average molecular weight is 325 g/mol. The van der Waals surface area contributed by atoms with Crippen LogP contribution >= 0.6 is 0 Å². The second-order valence-corrected chi connectivity index (χ2v) is 6.19. The lowest BCUT2D eigenvalue weighted by Gasteiger charge is -2.33. The smallest absolute Gasteiger partial charge is 0.247 e. The number of piperidine rings is 1. The Morgan fingerprint density at radius 2 is 2.25 bits per heavy atom.